The Morgan fingerprint density at radius 3 is 1.35 bits per heavy atom. The predicted molar refractivity (Wildman–Crippen MR) is 233 cm³/mol. The number of hydrogen-bond acceptors (Lipinski definition) is 1. The molecular formula is C54H34O. The summed E-state index contributed by atoms with van der Waals surface area (Å²) in [6.45, 7) is 0. The Kier molecular flexibility index (Phi) is 7.25. The van der Waals surface area contributed by atoms with Gasteiger partial charge in [0.25, 0.3) is 0 Å². The summed E-state index contributed by atoms with van der Waals surface area (Å²) >= 11 is 0. The zero-order valence-electron chi connectivity index (χ0n) is 30.0. The zero-order chi connectivity index (χ0) is 36.3. The summed E-state index contributed by atoms with van der Waals surface area (Å²) in [5.41, 5.74) is 13.9. The van der Waals surface area contributed by atoms with Gasteiger partial charge in [0, 0.05) is 16.2 Å². The van der Waals surface area contributed by atoms with Gasteiger partial charge >= 0.3 is 0 Å². The average Bonchev–Trinajstić information content (AvgIpc) is 3.65. The van der Waals surface area contributed by atoms with Gasteiger partial charge in [0.15, 0.2) is 0 Å². The Balaban J connectivity index is 1.24. The van der Waals surface area contributed by atoms with Gasteiger partial charge in [0.1, 0.15) is 11.2 Å². The van der Waals surface area contributed by atoms with E-state index < -0.39 is 0 Å². The molecule has 0 aliphatic carbocycles. The lowest BCUT2D eigenvalue weighted by atomic mass is 9.83. The van der Waals surface area contributed by atoms with Crippen LogP contribution in [0, 0.1) is 0 Å². The molecule has 1 aromatic heterocycles. The Morgan fingerprint density at radius 2 is 0.709 bits per heavy atom. The molecule has 55 heavy (non-hydrogen) atoms. The fourth-order valence-electron chi connectivity index (χ4n) is 8.72. The van der Waals surface area contributed by atoms with Gasteiger partial charge in [0.2, 0.25) is 0 Å². The van der Waals surface area contributed by atoms with Crippen molar-refractivity contribution in [3.63, 3.8) is 0 Å². The summed E-state index contributed by atoms with van der Waals surface area (Å²) in [5.74, 6) is 0. The number of furan rings is 1. The van der Waals surface area contributed by atoms with Gasteiger partial charge in [-0.2, -0.15) is 0 Å². The van der Waals surface area contributed by atoms with Crippen molar-refractivity contribution in [3.05, 3.63) is 206 Å². The van der Waals surface area contributed by atoms with E-state index in [1.807, 2.05) is 6.07 Å². The summed E-state index contributed by atoms with van der Waals surface area (Å²) in [6.07, 6.45) is 0. The first-order valence-electron chi connectivity index (χ1n) is 18.9. The van der Waals surface area contributed by atoms with Crippen LogP contribution < -0.4 is 0 Å². The van der Waals surface area contributed by atoms with E-state index in [1.54, 1.807) is 0 Å². The van der Waals surface area contributed by atoms with E-state index in [0.29, 0.717) is 0 Å². The van der Waals surface area contributed by atoms with Crippen molar-refractivity contribution in [3.8, 4) is 55.6 Å². The van der Waals surface area contributed by atoms with E-state index in [4.69, 9.17) is 4.42 Å². The van der Waals surface area contributed by atoms with Crippen LogP contribution in [0.4, 0.5) is 0 Å². The van der Waals surface area contributed by atoms with Crippen LogP contribution >= 0.6 is 0 Å². The zero-order valence-corrected chi connectivity index (χ0v) is 30.0. The van der Waals surface area contributed by atoms with Gasteiger partial charge in [-0.05, 0) is 113 Å². The summed E-state index contributed by atoms with van der Waals surface area (Å²) in [4.78, 5) is 0. The van der Waals surface area contributed by atoms with Crippen LogP contribution in [0.2, 0.25) is 0 Å². The molecule has 0 aliphatic rings. The molecule has 256 valence electrons. The number of benzene rings is 10. The molecular weight excluding hydrogens is 665 g/mol. The highest BCUT2D eigenvalue weighted by Gasteiger charge is 2.20. The lowest BCUT2D eigenvalue weighted by Crippen LogP contribution is -1.93. The van der Waals surface area contributed by atoms with Crippen LogP contribution in [0.15, 0.2) is 211 Å². The number of para-hydroxylation sites is 1. The Hall–Kier alpha value is -7.22. The first kappa shape index (κ1) is 31.3. The maximum atomic E-state index is 6.51. The van der Waals surface area contributed by atoms with Crippen LogP contribution in [0.5, 0.6) is 0 Å². The third-order valence-corrected chi connectivity index (χ3v) is 11.2. The maximum Gasteiger partial charge on any atom is 0.143 e. The molecule has 0 amide bonds. The smallest absolute Gasteiger partial charge is 0.143 e. The molecule has 1 heterocycles. The highest BCUT2D eigenvalue weighted by Crippen LogP contribution is 2.47. The average molecular weight is 699 g/mol. The molecule has 0 unspecified atom stereocenters. The lowest BCUT2D eigenvalue weighted by Gasteiger charge is -2.20. The van der Waals surface area contributed by atoms with Crippen LogP contribution in [0.1, 0.15) is 0 Å². The SMILES string of the molecule is c1ccc(-c2cccc(-c3c4ccccc4c(-c4cccc(-c5ccccc5)c4)c4cc(-c5cc6c7ccccc7oc6c6ccccc56)ccc34)c2)cc1. The van der Waals surface area contributed by atoms with Crippen LogP contribution in [-0.2, 0) is 0 Å². The molecule has 1 heteroatoms. The molecule has 11 aromatic rings. The van der Waals surface area contributed by atoms with Gasteiger partial charge in [-0.3, -0.25) is 0 Å². The molecule has 0 spiro atoms. The van der Waals surface area contributed by atoms with E-state index in [0.717, 1.165) is 27.3 Å². The fourth-order valence-corrected chi connectivity index (χ4v) is 8.72. The van der Waals surface area contributed by atoms with Crippen molar-refractivity contribution >= 4 is 54.3 Å². The number of rotatable bonds is 5. The lowest BCUT2D eigenvalue weighted by molar-refractivity contribution is 0.672. The predicted octanol–water partition coefficient (Wildman–Crippen LogP) is 15.4. The fraction of sp³-hybridized carbons (Fsp3) is 0. The van der Waals surface area contributed by atoms with Gasteiger partial charge in [-0.25, -0.2) is 0 Å². The van der Waals surface area contributed by atoms with Crippen molar-refractivity contribution in [1.82, 2.24) is 0 Å². The van der Waals surface area contributed by atoms with Crippen molar-refractivity contribution in [1.29, 1.82) is 0 Å². The van der Waals surface area contributed by atoms with Gasteiger partial charge in [-0.15, -0.1) is 0 Å². The van der Waals surface area contributed by atoms with Crippen LogP contribution in [-0.4, -0.2) is 0 Å². The van der Waals surface area contributed by atoms with Crippen LogP contribution in [0.25, 0.3) is 110 Å². The monoisotopic (exact) mass is 698 g/mol. The van der Waals surface area contributed by atoms with Crippen molar-refractivity contribution in [2.24, 2.45) is 0 Å². The highest BCUT2D eigenvalue weighted by molar-refractivity contribution is 6.23. The van der Waals surface area contributed by atoms with Gasteiger partial charge < -0.3 is 4.42 Å². The second-order valence-corrected chi connectivity index (χ2v) is 14.4. The molecule has 1 nitrogen and oxygen atoms in total. The molecule has 0 radical (unpaired) electrons. The van der Waals surface area contributed by atoms with Crippen molar-refractivity contribution in [2.45, 2.75) is 0 Å². The molecule has 0 fully saturated rings. The van der Waals surface area contributed by atoms with Crippen molar-refractivity contribution < 1.29 is 4.42 Å². The molecule has 0 atom stereocenters. The molecule has 0 saturated heterocycles. The molecule has 0 bridgehead atoms. The summed E-state index contributed by atoms with van der Waals surface area (Å²) in [6, 6.07) is 74.9. The number of fused-ring (bicyclic) bond motifs is 7. The molecule has 10 aromatic carbocycles. The molecule has 11 rings (SSSR count). The minimum absolute atomic E-state index is 0.910. The minimum Gasteiger partial charge on any atom is -0.455 e. The van der Waals surface area contributed by atoms with Gasteiger partial charge in [-0.1, -0.05) is 176 Å². The Morgan fingerprint density at radius 1 is 0.236 bits per heavy atom. The minimum atomic E-state index is 0.910. The second kappa shape index (κ2) is 12.7. The largest absolute Gasteiger partial charge is 0.455 e. The normalized spacial score (nSPS) is 11.6. The highest BCUT2D eigenvalue weighted by atomic mass is 16.3. The molecule has 0 aliphatic heterocycles. The van der Waals surface area contributed by atoms with E-state index in [1.165, 1.54) is 82.6 Å². The third kappa shape index (κ3) is 5.16. The molecule has 0 saturated carbocycles. The maximum absolute atomic E-state index is 6.51. The summed E-state index contributed by atoms with van der Waals surface area (Å²) in [5, 5.41) is 9.50. The summed E-state index contributed by atoms with van der Waals surface area (Å²) in [7, 11) is 0. The van der Waals surface area contributed by atoms with E-state index in [-0.39, 0.29) is 0 Å². The first-order valence-corrected chi connectivity index (χ1v) is 18.9. The summed E-state index contributed by atoms with van der Waals surface area (Å²) < 4.78 is 6.51. The first-order chi connectivity index (χ1) is 27.3. The van der Waals surface area contributed by atoms with E-state index in [9.17, 15) is 0 Å². The van der Waals surface area contributed by atoms with Gasteiger partial charge in [0.05, 0.1) is 0 Å². The topological polar surface area (TPSA) is 13.1 Å². The quantitative estimate of drug-likeness (QED) is 0.163. The third-order valence-electron chi connectivity index (χ3n) is 11.2. The van der Waals surface area contributed by atoms with E-state index in [2.05, 4.69) is 200 Å². The molecule has 0 N–H and O–H groups in total. The Bertz CT molecular complexity index is 3240. The van der Waals surface area contributed by atoms with Crippen LogP contribution in [0.3, 0.4) is 0 Å². The second-order valence-electron chi connectivity index (χ2n) is 14.4. The standard InChI is InChI=1S/C54H34O/c1-3-15-35(16-4-1)37-19-13-21-40(31-37)52-44-25-8-9-26-45(44)53(41-22-14-20-38(32-41)36-17-5-2-6-18-36)49-33-39(29-30-46(49)52)48-34-50-43-24-11-12-28-51(43)55-54(50)47-27-10-7-23-42(47)48/h1-34H. The Labute approximate surface area is 319 Å². The van der Waals surface area contributed by atoms with Crippen molar-refractivity contribution in [2.75, 3.05) is 0 Å². The van der Waals surface area contributed by atoms with E-state index >= 15 is 0 Å². The number of hydrogen-bond donors (Lipinski definition) is 0.